The van der Waals surface area contributed by atoms with Crippen LogP contribution in [0.2, 0.25) is 0 Å². The fraction of sp³-hybridized carbons (Fsp3) is 0. The summed E-state index contributed by atoms with van der Waals surface area (Å²) in [6.07, 6.45) is 0. The number of hydrazine groups is 1. The number of carbonyl (C=O) groups is 1. The van der Waals surface area contributed by atoms with Crippen LogP contribution >= 0.6 is 15.9 Å². The van der Waals surface area contributed by atoms with Gasteiger partial charge in [0.25, 0.3) is 5.91 Å². The Labute approximate surface area is 123 Å². The van der Waals surface area contributed by atoms with Gasteiger partial charge in [0.05, 0.1) is 11.0 Å². The topological polar surface area (TPSA) is 83.8 Å². The van der Waals surface area contributed by atoms with Gasteiger partial charge in [0.1, 0.15) is 5.82 Å². The molecule has 4 N–H and O–H groups in total. The lowest BCUT2D eigenvalue weighted by atomic mass is 10.2. The molecule has 100 valence electrons. The van der Waals surface area contributed by atoms with Crippen LogP contribution in [0, 0.1) is 0 Å². The first-order valence-electron chi connectivity index (χ1n) is 5.94. The minimum Gasteiger partial charge on any atom is -0.338 e. The number of halogens is 1. The van der Waals surface area contributed by atoms with Crippen molar-refractivity contribution >= 4 is 32.9 Å². The lowest BCUT2D eigenvalue weighted by Gasteiger charge is -1.99. The maximum atomic E-state index is 11.5. The molecule has 1 heterocycles. The van der Waals surface area contributed by atoms with Crippen LogP contribution < -0.4 is 11.3 Å². The number of benzene rings is 2. The highest BCUT2D eigenvalue weighted by atomic mass is 79.9. The SMILES string of the molecule is NNC(=O)c1ccc2nc(-c3ccccc3Br)[nH]c2c1. The fourth-order valence-corrected chi connectivity index (χ4v) is 2.49. The minimum atomic E-state index is -0.330. The van der Waals surface area contributed by atoms with E-state index in [0.29, 0.717) is 5.56 Å². The molecule has 0 saturated heterocycles. The van der Waals surface area contributed by atoms with Gasteiger partial charge < -0.3 is 4.98 Å². The van der Waals surface area contributed by atoms with Crippen LogP contribution in [0.4, 0.5) is 0 Å². The van der Waals surface area contributed by atoms with E-state index in [1.807, 2.05) is 24.3 Å². The largest absolute Gasteiger partial charge is 0.338 e. The summed E-state index contributed by atoms with van der Waals surface area (Å²) in [5.41, 5.74) is 5.15. The molecule has 0 aliphatic carbocycles. The Kier molecular flexibility index (Phi) is 3.25. The number of aromatic amines is 1. The van der Waals surface area contributed by atoms with E-state index in [1.165, 1.54) is 0 Å². The van der Waals surface area contributed by atoms with E-state index in [0.717, 1.165) is 26.9 Å². The minimum absolute atomic E-state index is 0.330. The van der Waals surface area contributed by atoms with Gasteiger partial charge in [-0.25, -0.2) is 10.8 Å². The summed E-state index contributed by atoms with van der Waals surface area (Å²) in [5.74, 6) is 5.55. The first kappa shape index (κ1) is 12.8. The van der Waals surface area contributed by atoms with Gasteiger partial charge in [-0.3, -0.25) is 10.2 Å². The average Bonchev–Trinajstić information content (AvgIpc) is 2.89. The van der Waals surface area contributed by atoms with E-state index in [2.05, 4.69) is 31.3 Å². The standard InChI is InChI=1S/C14H11BrN4O/c15-10-4-2-1-3-9(10)13-17-11-6-5-8(14(20)19-16)7-12(11)18-13/h1-7H,16H2,(H,17,18)(H,19,20). The van der Waals surface area contributed by atoms with Crippen molar-refractivity contribution in [1.29, 1.82) is 0 Å². The van der Waals surface area contributed by atoms with Crippen LogP contribution in [-0.4, -0.2) is 15.9 Å². The number of carbonyl (C=O) groups excluding carboxylic acids is 1. The summed E-state index contributed by atoms with van der Waals surface area (Å²) in [7, 11) is 0. The van der Waals surface area contributed by atoms with Crippen LogP contribution in [0.5, 0.6) is 0 Å². The quantitative estimate of drug-likeness (QED) is 0.383. The lowest BCUT2D eigenvalue weighted by Crippen LogP contribution is -2.29. The zero-order valence-electron chi connectivity index (χ0n) is 10.4. The third kappa shape index (κ3) is 2.19. The summed E-state index contributed by atoms with van der Waals surface area (Å²) in [5, 5.41) is 0. The van der Waals surface area contributed by atoms with Crippen molar-refractivity contribution in [2.24, 2.45) is 5.84 Å². The number of nitrogens with two attached hydrogens (primary N) is 1. The van der Waals surface area contributed by atoms with Gasteiger partial charge in [0.15, 0.2) is 0 Å². The number of H-pyrrole nitrogens is 1. The molecule has 0 saturated carbocycles. The molecule has 3 aromatic rings. The normalized spacial score (nSPS) is 10.7. The molecule has 5 nitrogen and oxygen atoms in total. The maximum Gasteiger partial charge on any atom is 0.265 e. The number of nitrogens with one attached hydrogen (secondary N) is 2. The number of nitrogens with zero attached hydrogens (tertiary/aromatic N) is 1. The van der Waals surface area contributed by atoms with Gasteiger partial charge in [-0.05, 0) is 24.3 Å². The first-order chi connectivity index (χ1) is 9.69. The van der Waals surface area contributed by atoms with E-state index in [9.17, 15) is 4.79 Å². The summed E-state index contributed by atoms with van der Waals surface area (Å²) in [6, 6.07) is 13.0. The molecule has 0 spiro atoms. The van der Waals surface area contributed by atoms with Crippen LogP contribution in [0.3, 0.4) is 0 Å². The first-order valence-corrected chi connectivity index (χ1v) is 6.74. The predicted octanol–water partition coefficient (Wildman–Crippen LogP) is 2.60. The second-order valence-electron chi connectivity index (χ2n) is 4.27. The van der Waals surface area contributed by atoms with Crippen molar-refractivity contribution in [1.82, 2.24) is 15.4 Å². The fourth-order valence-electron chi connectivity index (χ4n) is 2.02. The maximum absolute atomic E-state index is 11.5. The summed E-state index contributed by atoms with van der Waals surface area (Å²) >= 11 is 3.50. The van der Waals surface area contributed by atoms with E-state index in [-0.39, 0.29) is 5.91 Å². The van der Waals surface area contributed by atoms with Crippen molar-refractivity contribution < 1.29 is 4.79 Å². The zero-order valence-corrected chi connectivity index (χ0v) is 11.9. The van der Waals surface area contributed by atoms with Crippen molar-refractivity contribution in [2.75, 3.05) is 0 Å². The predicted molar refractivity (Wildman–Crippen MR) is 80.9 cm³/mol. The van der Waals surface area contributed by atoms with Crippen molar-refractivity contribution in [3.63, 3.8) is 0 Å². The van der Waals surface area contributed by atoms with Crippen molar-refractivity contribution in [3.8, 4) is 11.4 Å². The third-order valence-corrected chi connectivity index (χ3v) is 3.70. The molecular formula is C14H11BrN4O. The van der Waals surface area contributed by atoms with Gasteiger partial charge in [0, 0.05) is 15.6 Å². The Morgan fingerprint density at radius 2 is 2.05 bits per heavy atom. The summed E-state index contributed by atoms with van der Waals surface area (Å²) < 4.78 is 0.957. The average molecular weight is 331 g/mol. The molecule has 0 radical (unpaired) electrons. The monoisotopic (exact) mass is 330 g/mol. The number of hydrogen-bond acceptors (Lipinski definition) is 3. The number of amides is 1. The molecule has 0 aliphatic rings. The molecule has 2 aromatic carbocycles. The smallest absolute Gasteiger partial charge is 0.265 e. The van der Waals surface area contributed by atoms with Gasteiger partial charge in [-0.15, -0.1) is 0 Å². The number of aromatic nitrogens is 2. The molecule has 3 rings (SSSR count). The Bertz CT molecular complexity index is 797. The zero-order chi connectivity index (χ0) is 14.1. The van der Waals surface area contributed by atoms with Gasteiger partial charge in [-0.2, -0.15) is 0 Å². The molecule has 0 fully saturated rings. The molecule has 20 heavy (non-hydrogen) atoms. The number of rotatable bonds is 2. The third-order valence-electron chi connectivity index (χ3n) is 3.00. The van der Waals surface area contributed by atoms with Gasteiger partial charge in [-0.1, -0.05) is 34.1 Å². The second kappa shape index (κ2) is 5.07. The molecule has 0 unspecified atom stereocenters. The van der Waals surface area contributed by atoms with Crippen LogP contribution in [-0.2, 0) is 0 Å². The molecule has 0 atom stereocenters. The highest BCUT2D eigenvalue weighted by Gasteiger charge is 2.10. The summed E-state index contributed by atoms with van der Waals surface area (Å²) in [4.78, 5) is 19.2. The number of fused-ring (bicyclic) bond motifs is 1. The van der Waals surface area contributed by atoms with Crippen LogP contribution in [0.1, 0.15) is 10.4 Å². The highest BCUT2D eigenvalue weighted by molar-refractivity contribution is 9.10. The van der Waals surface area contributed by atoms with Crippen LogP contribution in [0.25, 0.3) is 22.4 Å². The molecular weight excluding hydrogens is 320 g/mol. The van der Waals surface area contributed by atoms with E-state index in [1.54, 1.807) is 18.2 Å². The van der Waals surface area contributed by atoms with E-state index < -0.39 is 0 Å². The number of imidazole rings is 1. The Balaban J connectivity index is 2.12. The highest BCUT2D eigenvalue weighted by Crippen LogP contribution is 2.27. The molecule has 1 amide bonds. The number of nitrogen functional groups attached to an aromatic ring is 1. The Morgan fingerprint density at radius 3 is 2.80 bits per heavy atom. The summed E-state index contributed by atoms with van der Waals surface area (Å²) in [6.45, 7) is 0. The Morgan fingerprint density at radius 1 is 1.25 bits per heavy atom. The van der Waals surface area contributed by atoms with Gasteiger partial charge in [0.2, 0.25) is 0 Å². The molecule has 6 heteroatoms. The van der Waals surface area contributed by atoms with Crippen molar-refractivity contribution in [2.45, 2.75) is 0 Å². The Hall–Kier alpha value is -2.18. The second-order valence-corrected chi connectivity index (χ2v) is 5.12. The molecule has 0 aliphatic heterocycles. The van der Waals surface area contributed by atoms with E-state index in [4.69, 9.17) is 5.84 Å². The van der Waals surface area contributed by atoms with Crippen LogP contribution in [0.15, 0.2) is 46.9 Å². The van der Waals surface area contributed by atoms with E-state index >= 15 is 0 Å². The number of hydrogen-bond donors (Lipinski definition) is 3. The van der Waals surface area contributed by atoms with Gasteiger partial charge >= 0.3 is 0 Å². The molecule has 1 aromatic heterocycles. The molecule has 0 bridgehead atoms. The van der Waals surface area contributed by atoms with Crippen molar-refractivity contribution in [3.05, 3.63) is 52.5 Å². The lowest BCUT2D eigenvalue weighted by molar-refractivity contribution is 0.0954.